The lowest BCUT2D eigenvalue weighted by atomic mass is 10.1. The third-order valence-electron chi connectivity index (χ3n) is 3.88. The van der Waals surface area contributed by atoms with Crippen LogP contribution in [-0.4, -0.2) is 29.4 Å². The van der Waals surface area contributed by atoms with Crippen molar-refractivity contribution in [2.45, 2.75) is 57.5 Å². The molecule has 2 fully saturated rings. The highest BCUT2D eigenvalue weighted by Crippen LogP contribution is 2.37. The molecule has 0 aromatic rings. The summed E-state index contributed by atoms with van der Waals surface area (Å²) < 4.78 is 0. The highest BCUT2D eigenvalue weighted by Gasteiger charge is 2.41. The largest absolute Gasteiger partial charge is 0.338 e. The van der Waals surface area contributed by atoms with Gasteiger partial charge in [0, 0.05) is 12.6 Å². The second-order valence-corrected chi connectivity index (χ2v) is 5.07. The predicted molar refractivity (Wildman–Crippen MR) is 60.3 cm³/mol. The van der Waals surface area contributed by atoms with Crippen LogP contribution in [0.4, 0.5) is 0 Å². The number of nitrogens with zero attached hydrogens (tertiary/aromatic N) is 1. The van der Waals surface area contributed by atoms with Gasteiger partial charge in [-0.15, -0.1) is 0 Å². The van der Waals surface area contributed by atoms with Gasteiger partial charge in [-0.1, -0.05) is 19.8 Å². The van der Waals surface area contributed by atoms with Crippen LogP contribution in [0.2, 0.25) is 0 Å². The number of carbonyl (C=O) groups excluding carboxylic acids is 1. The van der Waals surface area contributed by atoms with E-state index in [9.17, 15) is 4.79 Å². The molecule has 1 aliphatic carbocycles. The summed E-state index contributed by atoms with van der Waals surface area (Å²) in [5.74, 6) is 0.980. The van der Waals surface area contributed by atoms with Gasteiger partial charge in [-0.2, -0.15) is 0 Å². The van der Waals surface area contributed by atoms with E-state index in [1.165, 1.54) is 19.3 Å². The van der Waals surface area contributed by atoms with Crippen molar-refractivity contribution in [3.05, 3.63) is 0 Å². The lowest BCUT2D eigenvalue weighted by Crippen LogP contribution is -2.47. The first-order chi connectivity index (χ1) is 7.22. The molecule has 15 heavy (non-hydrogen) atoms. The van der Waals surface area contributed by atoms with Gasteiger partial charge in [0.2, 0.25) is 5.91 Å². The van der Waals surface area contributed by atoms with Gasteiger partial charge in [0.25, 0.3) is 0 Å². The van der Waals surface area contributed by atoms with Crippen LogP contribution >= 0.6 is 0 Å². The summed E-state index contributed by atoms with van der Waals surface area (Å²) in [5.41, 5.74) is 5.92. The molecule has 1 amide bonds. The number of nitrogens with two attached hydrogens (primary N) is 1. The zero-order valence-corrected chi connectivity index (χ0v) is 9.61. The van der Waals surface area contributed by atoms with Crippen LogP contribution in [0, 0.1) is 5.92 Å². The van der Waals surface area contributed by atoms with E-state index >= 15 is 0 Å². The Morgan fingerprint density at radius 2 is 2.33 bits per heavy atom. The van der Waals surface area contributed by atoms with Crippen LogP contribution in [0.1, 0.15) is 45.4 Å². The molecule has 0 spiro atoms. The Morgan fingerprint density at radius 1 is 1.53 bits per heavy atom. The maximum Gasteiger partial charge on any atom is 0.239 e. The van der Waals surface area contributed by atoms with Crippen molar-refractivity contribution >= 4 is 5.91 Å². The molecular formula is C12H22N2O. The Hall–Kier alpha value is -0.570. The molecule has 1 saturated heterocycles. The van der Waals surface area contributed by atoms with E-state index in [2.05, 4.69) is 11.8 Å². The number of carbonyl (C=O) groups is 1. The van der Waals surface area contributed by atoms with E-state index < -0.39 is 0 Å². The molecule has 3 atom stereocenters. The molecule has 2 N–H and O–H groups in total. The number of amides is 1. The minimum Gasteiger partial charge on any atom is -0.338 e. The average Bonchev–Trinajstić information content (AvgIpc) is 2.86. The Morgan fingerprint density at radius 3 is 2.87 bits per heavy atom. The molecule has 0 radical (unpaired) electrons. The van der Waals surface area contributed by atoms with Crippen LogP contribution in [0.3, 0.4) is 0 Å². The van der Waals surface area contributed by atoms with Gasteiger partial charge < -0.3 is 10.6 Å². The van der Waals surface area contributed by atoms with Gasteiger partial charge in [-0.3, -0.25) is 4.79 Å². The number of fused-ring (bicyclic) bond motifs is 2. The summed E-state index contributed by atoms with van der Waals surface area (Å²) >= 11 is 0. The summed E-state index contributed by atoms with van der Waals surface area (Å²) in [4.78, 5) is 14.1. The van der Waals surface area contributed by atoms with Gasteiger partial charge in [-0.25, -0.2) is 0 Å². The van der Waals surface area contributed by atoms with Gasteiger partial charge >= 0.3 is 0 Å². The third kappa shape index (κ3) is 2.17. The second-order valence-electron chi connectivity index (χ2n) is 5.07. The highest BCUT2D eigenvalue weighted by atomic mass is 16.2. The van der Waals surface area contributed by atoms with Crippen LogP contribution in [0.15, 0.2) is 0 Å². The molecule has 86 valence electrons. The Bertz CT molecular complexity index is 242. The summed E-state index contributed by atoms with van der Waals surface area (Å²) in [6.07, 6.45) is 6.78. The SMILES string of the molecule is CCCC[C@H](N)C(=O)N1CC2CCC1C2. The van der Waals surface area contributed by atoms with Gasteiger partial charge in [-0.05, 0) is 31.6 Å². The van der Waals surface area contributed by atoms with E-state index in [1.54, 1.807) is 0 Å². The predicted octanol–water partition coefficient (Wildman–Crippen LogP) is 1.51. The molecule has 1 aliphatic heterocycles. The van der Waals surface area contributed by atoms with E-state index in [4.69, 9.17) is 5.73 Å². The fourth-order valence-electron chi connectivity index (χ4n) is 2.96. The first-order valence-corrected chi connectivity index (χ1v) is 6.28. The number of likely N-dealkylation sites (tertiary alicyclic amines) is 1. The second kappa shape index (κ2) is 4.52. The summed E-state index contributed by atoms with van der Waals surface area (Å²) in [7, 11) is 0. The van der Waals surface area contributed by atoms with Gasteiger partial charge in [0.05, 0.1) is 6.04 Å². The number of hydrogen-bond acceptors (Lipinski definition) is 2. The van der Waals surface area contributed by atoms with Crippen molar-refractivity contribution in [2.24, 2.45) is 11.7 Å². The fourth-order valence-corrected chi connectivity index (χ4v) is 2.96. The molecule has 2 rings (SSSR count). The first-order valence-electron chi connectivity index (χ1n) is 6.28. The minimum absolute atomic E-state index is 0.204. The minimum atomic E-state index is -0.246. The number of hydrogen-bond donors (Lipinski definition) is 1. The van der Waals surface area contributed by atoms with Gasteiger partial charge in [0.15, 0.2) is 0 Å². The molecule has 0 aromatic heterocycles. The molecule has 0 aromatic carbocycles. The van der Waals surface area contributed by atoms with Crippen molar-refractivity contribution < 1.29 is 4.79 Å². The van der Waals surface area contributed by atoms with E-state index in [0.29, 0.717) is 6.04 Å². The molecule has 2 aliphatic rings. The zero-order valence-electron chi connectivity index (χ0n) is 9.61. The summed E-state index contributed by atoms with van der Waals surface area (Å²) in [5, 5.41) is 0. The fraction of sp³-hybridized carbons (Fsp3) is 0.917. The molecule has 1 heterocycles. The van der Waals surface area contributed by atoms with Crippen LogP contribution in [-0.2, 0) is 4.79 Å². The number of piperidine rings is 1. The smallest absolute Gasteiger partial charge is 0.239 e. The Labute approximate surface area is 92.0 Å². The van der Waals surface area contributed by atoms with E-state index in [0.717, 1.165) is 31.7 Å². The van der Waals surface area contributed by atoms with Gasteiger partial charge in [0.1, 0.15) is 0 Å². The zero-order chi connectivity index (χ0) is 10.8. The summed E-state index contributed by atoms with van der Waals surface area (Å²) in [6, 6.07) is 0.277. The van der Waals surface area contributed by atoms with Crippen LogP contribution in [0.25, 0.3) is 0 Å². The van der Waals surface area contributed by atoms with Crippen molar-refractivity contribution in [3.63, 3.8) is 0 Å². The normalized spacial score (nSPS) is 30.9. The maximum atomic E-state index is 12.0. The molecule has 3 nitrogen and oxygen atoms in total. The van der Waals surface area contributed by atoms with Crippen LogP contribution in [0.5, 0.6) is 0 Å². The van der Waals surface area contributed by atoms with Crippen LogP contribution < -0.4 is 5.73 Å². The number of rotatable bonds is 4. The lowest BCUT2D eigenvalue weighted by Gasteiger charge is -2.29. The summed E-state index contributed by atoms with van der Waals surface area (Å²) in [6.45, 7) is 3.11. The quantitative estimate of drug-likeness (QED) is 0.764. The maximum absolute atomic E-state index is 12.0. The van der Waals surface area contributed by atoms with E-state index in [-0.39, 0.29) is 11.9 Å². The van der Waals surface area contributed by atoms with Crippen molar-refractivity contribution in [3.8, 4) is 0 Å². The average molecular weight is 210 g/mol. The molecule has 1 saturated carbocycles. The number of unbranched alkanes of at least 4 members (excludes halogenated alkanes) is 1. The molecular weight excluding hydrogens is 188 g/mol. The lowest BCUT2D eigenvalue weighted by molar-refractivity contribution is -0.134. The topological polar surface area (TPSA) is 46.3 Å². The van der Waals surface area contributed by atoms with Crippen molar-refractivity contribution in [2.75, 3.05) is 6.54 Å². The highest BCUT2D eigenvalue weighted by molar-refractivity contribution is 5.82. The molecule has 2 unspecified atom stereocenters. The first kappa shape index (κ1) is 10.9. The van der Waals surface area contributed by atoms with E-state index in [1.807, 2.05) is 0 Å². The Kier molecular flexibility index (Phi) is 3.29. The third-order valence-corrected chi connectivity index (χ3v) is 3.88. The standard InChI is InChI=1S/C12H22N2O/c1-2-3-4-11(13)12(15)14-8-9-5-6-10(14)7-9/h9-11H,2-8,13H2,1H3/t9?,10?,11-/m0/s1. The Balaban J connectivity index is 1.85. The molecule has 2 bridgehead atoms. The van der Waals surface area contributed by atoms with Crippen molar-refractivity contribution in [1.29, 1.82) is 0 Å². The monoisotopic (exact) mass is 210 g/mol. The molecule has 3 heteroatoms. The van der Waals surface area contributed by atoms with Crippen molar-refractivity contribution in [1.82, 2.24) is 4.90 Å².